The van der Waals surface area contributed by atoms with E-state index in [4.69, 9.17) is 20.4 Å². The molecule has 11 nitrogen and oxygen atoms in total. The Morgan fingerprint density at radius 1 is 1.21 bits per heavy atom. The quantitative estimate of drug-likeness (QED) is 0.303. The number of likely N-dealkylation sites (tertiary alicyclic amines) is 1. The lowest BCUT2D eigenvalue weighted by atomic mass is 9.76. The number of aliphatic hydroxyl groups is 1. The van der Waals surface area contributed by atoms with E-state index in [9.17, 15) is 14.4 Å². The van der Waals surface area contributed by atoms with Gasteiger partial charge in [0, 0.05) is 24.5 Å². The normalized spacial score (nSPS) is 21.9. The van der Waals surface area contributed by atoms with E-state index in [2.05, 4.69) is 33.7 Å². The van der Waals surface area contributed by atoms with Gasteiger partial charge in [0.25, 0.3) is 0 Å². The first-order chi connectivity index (χ1) is 16.1. The number of hydrogen-bond donors (Lipinski definition) is 5. The summed E-state index contributed by atoms with van der Waals surface area (Å²) in [4.78, 5) is 41.8. The summed E-state index contributed by atoms with van der Waals surface area (Å²) in [5.41, 5.74) is -0.133. The number of rotatable bonds is 10. The number of piperidine rings is 1. The second-order valence-corrected chi connectivity index (χ2v) is 8.74. The highest BCUT2D eigenvalue weighted by molar-refractivity contribution is 5.88. The Balaban J connectivity index is 0.000000273. The molecular formula is C23H34N4O7. The van der Waals surface area contributed by atoms with Crippen molar-refractivity contribution in [3.8, 4) is 0 Å². The molecule has 2 heterocycles. The lowest BCUT2D eigenvalue weighted by Gasteiger charge is -2.48. The van der Waals surface area contributed by atoms with Crippen molar-refractivity contribution in [1.29, 1.82) is 0 Å². The van der Waals surface area contributed by atoms with Gasteiger partial charge in [-0.2, -0.15) is 0 Å². The molecule has 1 aromatic heterocycles. The number of aliphatic carboxylic acids is 3. The second-order valence-electron chi connectivity index (χ2n) is 8.74. The summed E-state index contributed by atoms with van der Waals surface area (Å²) >= 11 is 0. The number of nitrogens with zero attached hydrogens (tertiary/aromatic N) is 3. The third kappa shape index (κ3) is 7.31. The summed E-state index contributed by atoms with van der Waals surface area (Å²) in [6.07, 6.45) is 9.85. The molecule has 0 radical (unpaired) electrons. The fourth-order valence-electron chi connectivity index (χ4n) is 4.62. The van der Waals surface area contributed by atoms with E-state index in [1.807, 2.05) is 12.3 Å². The molecule has 1 fully saturated rings. The first-order valence-corrected chi connectivity index (χ1v) is 11.4. The lowest BCUT2D eigenvalue weighted by molar-refractivity contribution is -0.170. The highest BCUT2D eigenvalue weighted by atomic mass is 16.4. The fourth-order valence-corrected chi connectivity index (χ4v) is 4.62. The maximum absolute atomic E-state index is 10.3. The minimum absolute atomic E-state index is 0.496. The average Bonchev–Trinajstić information content (AvgIpc) is 2.76. The standard InChI is InChI=1S/C17H26N4.C6H8O7/c1-3-7-19-17-6-5-13-9-15-14(11-18-12-20-15)10-16(13)21(17)8-4-2;7-3(8)1-6(13,5(11)12)2-4(9)10/h4,11-13,16-17,19H,2-3,5-10H2,1H3;13H,1-2H2,(H,7,8)(H,9,10)(H,11,12)/t13-,16-,17?;/m0./s1. The Morgan fingerprint density at radius 3 is 2.44 bits per heavy atom. The summed E-state index contributed by atoms with van der Waals surface area (Å²) in [6, 6.07) is 0.601. The van der Waals surface area contributed by atoms with Gasteiger partial charge in [0.15, 0.2) is 5.60 Å². The van der Waals surface area contributed by atoms with Crippen LogP contribution in [-0.4, -0.2) is 84.1 Å². The number of hydrogen-bond acceptors (Lipinski definition) is 8. The smallest absolute Gasteiger partial charge is 0.336 e. The van der Waals surface area contributed by atoms with E-state index < -0.39 is 36.4 Å². The van der Waals surface area contributed by atoms with Crippen LogP contribution in [-0.2, 0) is 27.2 Å². The van der Waals surface area contributed by atoms with Crippen molar-refractivity contribution in [3.05, 3.63) is 36.4 Å². The van der Waals surface area contributed by atoms with Gasteiger partial charge in [-0.25, -0.2) is 14.8 Å². The zero-order valence-electron chi connectivity index (χ0n) is 19.4. The number of aromatic nitrogens is 2. The van der Waals surface area contributed by atoms with Crippen LogP contribution in [0.2, 0.25) is 0 Å². The van der Waals surface area contributed by atoms with E-state index in [0.29, 0.717) is 12.2 Å². The molecule has 3 rings (SSSR count). The summed E-state index contributed by atoms with van der Waals surface area (Å²) in [6.45, 7) is 8.24. The molecule has 0 aromatic carbocycles. The Hall–Kier alpha value is -2.89. The minimum atomic E-state index is -2.74. The van der Waals surface area contributed by atoms with Gasteiger partial charge >= 0.3 is 17.9 Å². The van der Waals surface area contributed by atoms with Crippen LogP contribution in [0.4, 0.5) is 0 Å². The monoisotopic (exact) mass is 478 g/mol. The summed E-state index contributed by atoms with van der Waals surface area (Å²) < 4.78 is 0. The molecule has 0 bridgehead atoms. The van der Waals surface area contributed by atoms with Crippen molar-refractivity contribution in [2.24, 2.45) is 5.92 Å². The van der Waals surface area contributed by atoms with Gasteiger partial charge in [0.2, 0.25) is 0 Å². The van der Waals surface area contributed by atoms with E-state index in [-0.39, 0.29) is 0 Å². The van der Waals surface area contributed by atoms with Crippen molar-refractivity contribution < 1.29 is 34.8 Å². The van der Waals surface area contributed by atoms with Crippen LogP contribution in [0.1, 0.15) is 50.3 Å². The van der Waals surface area contributed by atoms with Crippen molar-refractivity contribution in [2.75, 3.05) is 13.1 Å². The maximum atomic E-state index is 10.3. The van der Waals surface area contributed by atoms with Gasteiger partial charge in [-0.1, -0.05) is 13.0 Å². The minimum Gasteiger partial charge on any atom is -0.481 e. The van der Waals surface area contributed by atoms with Gasteiger partial charge in [0.1, 0.15) is 6.33 Å². The van der Waals surface area contributed by atoms with Gasteiger partial charge < -0.3 is 25.7 Å². The number of carbonyl (C=O) groups is 3. The molecule has 1 saturated heterocycles. The van der Waals surface area contributed by atoms with Gasteiger partial charge in [-0.3, -0.25) is 14.5 Å². The van der Waals surface area contributed by atoms with Crippen LogP contribution in [0, 0.1) is 5.92 Å². The molecule has 1 aliphatic carbocycles. The van der Waals surface area contributed by atoms with Crippen LogP contribution in [0.5, 0.6) is 0 Å². The number of carboxylic acids is 3. The molecule has 34 heavy (non-hydrogen) atoms. The topological polar surface area (TPSA) is 173 Å². The van der Waals surface area contributed by atoms with Gasteiger partial charge in [-0.15, -0.1) is 6.58 Å². The predicted molar refractivity (Wildman–Crippen MR) is 122 cm³/mol. The lowest BCUT2D eigenvalue weighted by Crippen LogP contribution is -2.58. The summed E-state index contributed by atoms with van der Waals surface area (Å²) in [5, 5.41) is 37.5. The van der Waals surface area contributed by atoms with Gasteiger partial charge in [0.05, 0.1) is 19.0 Å². The zero-order valence-corrected chi connectivity index (χ0v) is 19.4. The summed E-state index contributed by atoms with van der Waals surface area (Å²) in [7, 11) is 0. The number of carboxylic acid groups (broad SMARTS) is 3. The summed E-state index contributed by atoms with van der Waals surface area (Å²) in [5.74, 6) is -4.29. The van der Waals surface area contributed by atoms with E-state index >= 15 is 0 Å². The van der Waals surface area contributed by atoms with Gasteiger partial charge in [-0.05, 0) is 50.1 Å². The fraction of sp³-hybridized carbons (Fsp3) is 0.609. The SMILES string of the molecule is C=CCN1C(NCCC)CC[C@H]2Cc3ncncc3C[C@@H]21.O=C(O)CC(O)(CC(=O)O)C(=O)O. The molecule has 5 N–H and O–H groups in total. The average molecular weight is 479 g/mol. The highest BCUT2D eigenvalue weighted by Crippen LogP contribution is 2.35. The van der Waals surface area contributed by atoms with Crippen molar-refractivity contribution in [3.63, 3.8) is 0 Å². The molecule has 188 valence electrons. The molecule has 1 aliphatic heterocycles. The molecule has 1 unspecified atom stereocenters. The van der Waals surface area contributed by atoms with Crippen molar-refractivity contribution in [1.82, 2.24) is 20.2 Å². The molecule has 0 saturated carbocycles. The van der Waals surface area contributed by atoms with E-state index in [1.165, 1.54) is 30.5 Å². The third-order valence-electron chi connectivity index (χ3n) is 6.20. The molecule has 2 aliphatic rings. The van der Waals surface area contributed by atoms with Crippen molar-refractivity contribution in [2.45, 2.75) is 69.7 Å². The Kier molecular flexibility index (Phi) is 10.1. The largest absolute Gasteiger partial charge is 0.481 e. The molecule has 1 aromatic rings. The predicted octanol–water partition coefficient (Wildman–Crippen LogP) is 0.919. The number of fused-ring (bicyclic) bond motifs is 2. The second kappa shape index (κ2) is 12.5. The first-order valence-electron chi connectivity index (χ1n) is 11.4. The van der Waals surface area contributed by atoms with Crippen LogP contribution >= 0.6 is 0 Å². The molecule has 11 heteroatoms. The zero-order chi connectivity index (χ0) is 25.3. The van der Waals surface area contributed by atoms with E-state index in [1.54, 1.807) is 6.33 Å². The third-order valence-corrected chi connectivity index (χ3v) is 6.20. The maximum Gasteiger partial charge on any atom is 0.336 e. The van der Waals surface area contributed by atoms with Crippen LogP contribution in [0.3, 0.4) is 0 Å². The van der Waals surface area contributed by atoms with Crippen LogP contribution in [0.25, 0.3) is 0 Å². The van der Waals surface area contributed by atoms with Crippen molar-refractivity contribution >= 4 is 17.9 Å². The van der Waals surface area contributed by atoms with Crippen LogP contribution < -0.4 is 5.32 Å². The van der Waals surface area contributed by atoms with Crippen LogP contribution in [0.15, 0.2) is 25.2 Å². The molecule has 0 amide bonds. The Bertz CT molecular complexity index is 863. The highest BCUT2D eigenvalue weighted by Gasteiger charge is 2.41. The molecule has 0 spiro atoms. The number of nitrogens with one attached hydrogen (secondary N) is 1. The Morgan fingerprint density at radius 2 is 1.88 bits per heavy atom. The first kappa shape index (κ1) is 27.4. The molecule has 3 atom stereocenters. The Labute approximate surface area is 198 Å². The van der Waals surface area contributed by atoms with E-state index in [0.717, 1.165) is 31.8 Å². The molecular weight excluding hydrogens is 444 g/mol.